The van der Waals surface area contributed by atoms with Gasteiger partial charge in [0, 0.05) is 22.1 Å². The van der Waals surface area contributed by atoms with Gasteiger partial charge in [-0.05, 0) is 31.0 Å². The third-order valence-electron chi connectivity index (χ3n) is 5.36. The molecule has 0 aliphatic carbocycles. The highest BCUT2D eigenvalue weighted by Crippen LogP contribution is 2.43. The van der Waals surface area contributed by atoms with Crippen molar-refractivity contribution in [1.82, 2.24) is 15.1 Å². The Morgan fingerprint density at radius 1 is 1.14 bits per heavy atom. The number of hydrogen-bond donors (Lipinski definition) is 1. The van der Waals surface area contributed by atoms with Crippen LogP contribution in [0.3, 0.4) is 0 Å². The molecule has 0 saturated heterocycles. The number of aromatic nitrogens is 2. The zero-order valence-electron chi connectivity index (χ0n) is 16.2. The third-order valence-corrected chi connectivity index (χ3v) is 5.85. The van der Waals surface area contributed by atoms with Crippen molar-refractivity contribution in [2.24, 2.45) is 0 Å². The number of amides is 1. The summed E-state index contributed by atoms with van der Waals surface area (Å²) in [6.07, 6.45) is 3.25. The van der Waals surface area contributed by atoms with Crippen LogP contribution in [0.1, 0.15) is 59.4 Å². The average molecular weight is 438 g/mol. The molecule has 5 heteroatoms. The minimum atomic E-state index is -0.119. The van der Waals surface area contributed by atoms with Crippen LogP contribution in [0.5, 0.6) is 0 Å². The standard InChI is InChI=1S/C23H24BrN3O/c1-3-4-5-13-27-22(17-7-6-8-18(24)14-17)19-20(25-26-21(19)23(27)28)16-11-9-15(2)10-12-16/h6-12,14,22H,3-5,13H2,1-2H3,(H,25,26). The van der Waals surface area contributed by atoms with E-state index in [2.05, 4.69) is 76.4 Å². The third kappa shape index (κ3) is 3.39. The van der Waals surface area contributed by atoms with E-state index in [1.807, 2.05) is 17.0 Å². The molecule has 1 atom stereocenters. The van der Waals surface area contributed by atoms with Crippen molar-refractivity contribution in [2.45, 2.75) is 39.2 Å². The van der Waals surface area contributed by atoms with Crippen molar-refractivity contribution in [1.29, 1.82) is 0 Å². The molecule has 2 aromatic carbocycles. The molecule has 4 nitrogen and oxygen atoms in total. The number of aromatic amines is 1. The monoisotopic (exact) mass is 437 g/mol. The van der Waals surface area contributed by atoms with Crippen LogP contribution in [0, 0.1) is 6.92 Å². The van der Waals surface area contributed by atoms with E-state index in [4.69, 9.17) is 0 Å². The maximum absolute atomic E-state index is 13.2. The molecule has 0 bridgehead atoms. The molecule has 144 valence electrons. The van der Waals surface area contributed by atoms with Crippen LogP contribution < -0.4 is 0 Å². The minimum Gasteiger partial charge on any atom is -0.326 e. The summed E-state index contributed by atoms with van der Waals surface area (Å²) in [6.45, 7) is 5.00. The van der Waals surface area contributed by atoms with Crippen molar-refractivity contribution < 1.29 is 4.79 Å². The molecule has 1 aliphatic heterocycles. The van der Waals surface area contributed by atoms with Gasteiger partial charge < -0.3 is 4.90 Å². The summed E-state index contributed by atoms with van der Waals surface area (Å²) >= 11 is 3.58. The van der Waals surface area contributed by atoms with Gasteiger partial charge in [-0.25, -0.2) is 0 Å². The molecule has 3 aromatic rings. The molecule has 2 heterocycles. The maximum Gasteiger partial charge on any atom is 0.273 e. The minimum absolute atomic E-state index is 0.0435. The first-order chi connectivity index (χ1) is 13.6. The van der Waals surface area contributed by atoms with Crippen molar-refractivity contribution in [3.63, 3.8) is 0 Å². The molecule has 1 amide bonds. The number of halogens is 1. The van der Waals surface area contributed by atoms with Crippen molar-refractivity contribution in [3.05, 3.63) is 75.4 Å². The zero-order valence-corrected chi connectivity index (χ0v) is 17.8. The van der Waals surface area contributed by atoms with Crippen LogP contribution in [0.15, 0.2) is 53.0 Å². The van der Waals surface area contributed by atoms with Gasteiger partial charge in [0.15, 0.2) is 0 Å². The van der Waals surface area contributed by atoms with Gasteiger partial charge in [0.1, 0.15) is 5.69 Å². The van der Waals surface area contributed by atoms with Gasteiger partial charge in [-0.1, -0.05) is 77.7 Å². The lowest BCUT2D eigenvalue weighted by molar-refractivity contribution is 0.0740. The highest BCUT2D eigenvalue weighted by atomic mass is 79.9. The van der Waals surface area contributed by atoms with E-state index in [0.29, 0.717) is 5.69 Å². The van der Waals surface area contributed by atoms with E-state index in [1.54, 1.807) is 0 Å². The Bertz CT molecular complexity index is 993. The second-order valence-electron chi connectivity index (χ2n) is 7.39. The van der Waals surface area contributed by atoms with Crippen LogP contribution in [-0.2, 0) is 0 Å². The van der Waals surface area contributed by atoms with Gasteiger partial charge in [0.05, 0.1) is 11.7 Å². The molecule has 0 radical (unpaired) electrons. The van der Waals surface area contributed by atoms with Gasteiger partial charge in [-0.2, -0.15) is 5.10 Å². The molecule has 1 unspecified atom stereocenters. The number of H-pyrrole nitrogens is 1. The second-order valence-corrected chi connectivity index (χ2v) is 8.31. The average Bonchev–Trinajstić information content (AvgIpc) is 3.22. The van der Waals surface area contributed by atoms with Gasteiger partial charge in [-0.15, -0.1) is 0 Å². The Kier molecular flexibility index (Phi) is 5.36. The normalized spacial score (nSPS) is 15.9. The van der Waals surface area contributed by atoms with E-state index < -0.39 is 0 Å². The molecule has 0 spiro atoms. The van der Waals surface area contributed by atoms with Gasteiger partial charge in [0.2, 0.25) is 0 Å². The SMILES string of the molecule is CCCCCN1C(=O)c2[nH]nc(-c3ccc(C)cc3)c2C1c1cccc(Br)c1. The summed E-state index contributed by atoms with van der Waals surface area (Å²) < 4.78 is 1.01. The first-order valence-corrected chi connectivity index (χ1v) is 10.6. The molecule has 4 rings (SSSR count). The molecule has 1 aromatic heterocycles. The molecule has 1 N–H and O–H groups in total. The van der Waals surface area contributed by atoms with E-state index in [0.717, 1.165) is 52.7 Å². The number of carbonyl (C=O) groups is 1. The number of aryl methyl sites for hydroxylation is 1. The highest BCUT2D eigenvalue weighted by molar-refractivity contribution is 9.10. The predicted octanol–water partition coefficient (Wildman–Crippen LogP) is 5.88. The van der Waals surface area contributed by atoms with Crippen LogP contribution in [0.4, 0.5) is 0 Å². The maximum atomic E-state index is 13.2. The number of rotatable bonds is 6. The Morgan fingerprint density at radius 3 is 2.64 bits per heavy atom. The zero-order chi connectivity index (χ0) is 19.7. The van der Waals surface area contributed by atoms with Crippen LogP contribution >= 0.6 is 15.9 Å². The summed E-state index contributed by atoms with van der Waals surface area (Å²) in [7, 11) is 0. The van der Waals surface area contributed by atoms with E-state index in [1.165, 1.54) is 5.56 Å². The summed E-state index contributed by atoms with van der Waals surface area (Å²) in [6, 6.07) is 16.4. The van der Waals surface area contributed by atoms with E-state index in [9.17, 15) is 4.79 Å². The fraction of sp³-hybridized carbons (Fsp3) is 0.304. The van der Waals surface area contributed by atoms with Gasteiger partial charge in [0.25, 0.3) is 5.91 Å². The van der Waals surface area contributed by atoms with Crippen molar-refractivity contribution in [3.8, 4) is 11.3 Å². The van der Waals surface area contributed by atoms with E-state index >= 15 is 0 Å². The molecule has 28 heavy (non-hydrogen) atoms. The van der Waals surface area contributed by atoms with Gasteiger partial charge >= 0.3 is 0 Å². The molecule has 0 saturated carbocycles. The van der Waals surface area contributed by atoms with Crippen molar-refractivity contribution in [2.75, 3.05) is 6.54 Å². The number of unbranched alkanes of at least 4 members (excludes halogenated alkanes) is 2. The summed E-state index contributed by atoms with van der Waals surface area (Å²) in [4.78, 5) is 15.2. The first-order valence-electron chi connectivity index (χ1n) is 9.82. The topological polar surface area (TPSA) is 49.0 Å². The lowest BCUT2D eigenvalue weighted by atomic mass is 9.95. The second kappa shape index (κ2) is 7.92. The van der Waals surface area contributed by atoms with Crippen LogP contribution in [0.2, 0.25) is 0 Å². The van der Waals surface area contributed by atoms with Crippen LogP contribution in [-0.4, -0.2) is 27.5 Å². The Hall–Kier alpha value is -2.40. The van der Waals surface area contributed by atoms with Crippen molar-refractivity contribution >= 4 is 21.8 Å². The molecular formula is C23H24BrN3O. The number of nitrogens with zero attached hydrogens (tertiary/aromatic N) is 2. The van der Waals surface area contributed by atoms with E-state index in [-0.39, 0.29) is 11.9 Å². The Labute approximate surface area is 174 Å². The lowest BCUT2D eigenvalue weighted by Gasteiger charge is -2.26. The lowest BCUT2D eigenvalue weighted by Crippen LogP contribution is -2.30. The smallest absolute Gasteiger partial charge is 0.273 e. The number of benzene rings is 2. The summed E-state index contributed by atoms with van der Waals surface area (Å²) in [5.41, 5.74) is 5.82. The predicted molar refractivity (Wildman–Crippen MR) is 115 cm³/mol. The molecular weight excluding hydrogens is 414 g/mol. The molecule has 1 aliphatic rings. The number of carbonyl (C=O) groups excluding carboxylic acids is 1. The van der Waals surface area contributed by atoms with Crippen LogP contribution in [0.25, 0.3) is 11.3 Å². The first kappa shape index (κ1) is 18.9. The number of hydrogen-bond acceptors (Lipinski definition) is 2. The largest absolute Gasteiger partial charge is 0.326 e. The van der Waals surface area contributed by atoms with Gasteiger partial charge in [-0.3, -0.25) is 9.89 Å². The Balaban J connectivity index is 1.82. The highest BCUT2D eigenvalue weighted by Gasteiger charge is 2.41. The quantitative estimate of drug-likeness (QED) is 0.489. The Morgan fingerprint density at radius 2 is 1.93 bits per heavy atom. The summed E-state index contributed by atoms with van der Waals surface area (Å²) in [5, 5.41) is 7.56. The fourth-order valence-electron chi connectivity index (χ4n) is 3.91. The number of nitrogens with one attached hydrogen (secondary N) is 1. The summed E-state index contributed by atoms with van der Waals surface area (Å²) in [5.74, 6) is 0.0435. The molecule has 0 fully saturated rings. The number of fused-ring (bicyclic) bond motifs is 1. The fourth-order valence-corrected chi connectivity index (χ4v) is 4.33.